The van der Waals surface area contributed by atoms with Gasteiger partial charge in [0.05, 0.1) is 25.4 Å². The van der Waals surface area contributed by atoms with Gasteiger partial charge in [0.25, 0.3) is 5.69 Å². The summed E-state index contributed by atoms with van der Waals surface area (Å²) in [5.41, 5.74) is 4.44. The number of methoxy groups -OCH3 is 2. The van der Waals surface area contributed by atoms with Gasteiger partial charge in [0.2, 0.25) is 5.91 Å². The van der Waals surface area contributed by atoms with Crippen molar-refractivity contribution in [3.8, 4) is 11.5 Å². The van der Waals surface area contributed by atoms with E-state index in [4.69, 9.17) is 9.47 Å². The third kappa shape index (κ3) is 6.02. The molecule has 164 valence electrons. The molecule has 1 aliphatic rings. The zero-order chi connectivity index (χ0) is 22.2. The van der Waals surface area contributed by atoms with Crippen molar-refractivity contribution in [2.45, 2.75) is 19.4 Å². The van der Waals surface area contributed by atoms with Gasteiger partial charge in [-0.25, -0.2) is 5.43 Å². The highest BCUT2D eigenvalue weighted by atomic mass is 16.6. The van der Waals surface area contributed by atoms with Crippen LogP contribution < -0.4 is 14.9 Å². The monoisotopic (exact) mass is 426 g/mol. The van der Waals surface area contributed by atoms with Crippen molar-refractivity contribution in [2.75, 3.05) is 27.3 Å². The second-order valence-electron chi connectivity index (χ2n) is 7.32. The number of amides is 1. The summed E-state index contributed by atoms with van der Waals surface area (Å²) < 4.78 is 10.5. The Labute approximate surface area is 180 Å². The lowest BCUT2D eigenvalue weighted by molar-refractivity contribution is -0.384. The number of hydrogen-bond acceptors (Lipinski definition) is 7. The molecule has 0 unspecified atom stereocenters. The van der Waals surface area contributed by atoms with Crippen LogP contribution in [0, 0.1) is 16.0 Å². The summed E-state index contributed by atoms with van der Waals surface area (Å²) >= 11 is 0. The average Bonchev–Trinajstić information content (AvgIpc) is 2.79. The molecule has 1 aliphatic heterocycles. The van der Waals surface area contributed by atoms with Crippen LogP contribution in [0.15, 0.2) is 47.6 Å². The van der Waals surface area contributed by atoms with Crippen LogP contribution in [-0.4, -0.2) is 49.3 Å². The van der Waals surface area contributed by atoms with Crippen LogP contribution in [0.1, 0.15) is 24.0 Å². The summed E-state index contributed by atoms with van der Waals surface area (Å²) in [5, 5.41) is 14.8. The minimum Gasteiger partial charge on any atom is -0.497 e. The van der Waals surface area contributed by atoms with E-state index in [1.54, 1.807) is 50.8 Å². The first kappa shape index (κ1) is 22.2. The number of hydrazone groups is 1. The topological polar surface area (TPSA) is 106 Å². The smallest absolute Gasteiger partial charge is 0.269 e. The summed E-state index contributed by atoms with van der Waals surface area (Å²) in [6.07, 6.45) is 3.01. The molecular weight excluding hydrogens is 400 g/mol. The van der Waals surface area contributed by atoms with E-state index in [9.17, 15) is 14.9 Å². The fraction of sp³-hybridized carbons (Fsp3) is 0.364. The van der Waals surface area contributed by atoms with E-state index in [2.05, 4.69) is 15.4 Å². The summed E-state index contributed by atoms with van der Waals surface area (Å²) in [6, 6.07) is 11.9. The van der Waals surface area contributed by atoms with E-state index < -0.39 is 4.92 Å². The molecule has 0 aliphatic carbocycles. The number of carbonyl (C=O) groups excluding carboxylic acids is 1. The van der Waals surface area contributed by atoms with Crippen LogP contribution in [0.5, 0.6) is 11.5 Å². The molecule has 1 amide bonds. The minimum atomic E-state index is -0.402. The van der Waals surface area contributed by atoms with Crippen molar-refractivity contribution in [1.29, 1.82) is 0 Å². The van der Waals surface area contributed by atoms with Crippen molar-refractivity contribution in [3.05, 3.63) is 63.7 Å². The number of hydrogen-bond donors (Lipinski definition) is 1. The number of nitrogens with one attached hydrogen (secondary N) is 1. The third-order valence-electron chi connectivity index (χ3n) is 5.33. The number of nitrogens with zero attached hydrogens (tertiary/aromatic N) is 3. The molecule has 2 aromatic rings. The number of carbonyl (C=O) groups is 1. The predicted octanol–water partition coefficient (Wildman–Crippen LogP) is 2.97. The molecule has 1 saturated heterocycles. The molecule has 0 aromatic heterocycles. The SMILES string of the molecule is COc1ccc(OC)c(C=NNC(=O)C2CCN(Cc3ccc([N+](=O)[O-])cc3)CC2)c1. The molecule has 0 spiro atoms. The molecule has 2 aromatic carbocycles. The van der Waals surface area contributed by atoms with Gasteiger partial charge in [-0.3, -0.25) is 19.8 Å². The largest absolute Gasteiger partial charge is 0.497 e. The number of rotatable bonds is 8. The van der Waals surface area contributed by atoms with E-state index >= 15 is 0 Å². The molecule has 1 fully saturated rings. The van der Waals surface area contributed by atoms with Gasteiger partial charge in [-0.1, -0.05) is 12.1 Å². The summed E-state index contributed by atoms with van der Waals surface area (Å²) in [6.45, 7) is 2.27. The number of likely N-dealkylation sites (tertiary alicyclic amines) is 1. The Bertz CT molecular complexity index is 937. The van der Waals surface area contributed by atoms with Gasteiger partial charge < -0.3 is 9.47 Å². The van der Waals surface area contributed by atoms with Gasteiger partial charge in [0.1, 0.15) is 11.5 Å². The quantitative estimate of drug-likeness (QED) is 0.395. The van der Waals surface area contributed by atoms with Crippen LogP contribution in [-0.2, 0) is 11.3 Å². The van der Waals surface area contributed by atoms with Crippen LogP contribution in [0.4, 0.5) is 5.69 Å². The maximum absolute atomic E-state index is 12.5. The van der Waals surface area contributed by atoms with Crippen molar-refractivity contribution in [3.63, 3.8) is 0 Å². The molecule has 1 N–H and O–H groups in total. The standard InChI is InChI=1S/C22H26N4O5/c1-30-20-7-8-21(31-2)18(13-20)14-23-24-22(27)17-9-11-25(12-10-17)15-16-3-5-19(6-4-16)26(28)29/h3-8,13-14,17H,9-12,15H2,1-2H3,(H,24,27). The van der Waals surface area contributed by atoms with Gasteiger partial charge >= 0.3 is 0 Å². The van der Waals surface area contributed by atoms with Crippen LogP contribution in [0.3, 0.4) is 0 Å². The Balaban J connectivity index is 1.48. The molecular formula is C22H26N4O5. The maximum Gasteiger partial charge on any atom is 0.269 e. The number of benzene rings is 2. The van der Waals surface area contributed by atoms with E-state index in [0.717, 1.165) is 31.5 Å². The Kier molecular flexibility index (Phi) is 7.55. The van der Waals surface area contributed by atoms with Crippen molar-refractivity contribution < 1.29 is 19.2 Å². The molecule has 3 rings (SSSR count). The zero-order valence-electron chi connectivity index (χ0n) is 17.6. The van der Waals surface area contributed by atoms with Crippen LogP contribution in [0.2, 0.25) is 0 Å². The first-order valence-electron chi connectivity index (χ1n) is 10.0. The van der Waals surface area contributed by atoms with E-state index in [-0.39, 0.29) is 17.5 Å². The van der Waals surface area contributed by atoms with Gasteiger partial charge in [-0.15, -0.1) is 0 Å². The Morgan fingerprint density at radius 3 is 2.52 bits per heavy atom. The average molecular weight is 426 g/mol. The van der Waals surface area contributed by atoms with Gasteiger partial charge in [-0.2, -0.15) is 5.10 Å². The number of non-ortho nitro benzene ring substituents is 1. The van der Waals surface area contributed by atoms with Crippen LogP contribution in [0.25, 0.3) is 0 Å². The number of ether oxygens (including phenoxy) is 2. The summed E-state index contributed by atoms with van der Waals surface area (Å²) in [5.74, 6) is 1.11. The summed E-state index contributed by atoms with van der Waals surface area (Å²) in [4.78, 5) is 25.1. The lowest BCUT2D eigenvalue weighted by Gasteiger charge is -2.30. The van der Waals surface area contributed by atoms with Gasteiger partial charge in [0.15, 0.2) is 0 Å². The molecule has 0 radical (unpaired) electrons. The summed E-state index contributed by atoms with van der Waals surface area (Å²) in [7, 11) is 3.15. The Morgan fingerprint density at radius 2 is 1.90 bits per heavy atom. The molecule has 9 heteroatoms. The first-order valence-corrected chi connectivity index (χ1v) is 10.0. The second-order valence-corrected chi connectivity index (χ2v) is 7.32. The normalized spacial score (nSPS) is 15.0. The molecule has 0 atom stereocenters. The highest BCUT2D eigenvalue weighted by Gasteiger charge is 2.25. The first-order chi connectivity index (χ1) is 15.0. The van der Waals surface area contributed by atoms with E-state index in [1.165, 1.54) is 12.1 Å². The van der Waals surface area contributed by atoms with Gasteiger partial charge in [0, 0.05) is 30.2 Å². The Hall–Kier alpha value is -3.46. The van der Waals surface area contributed by atoms with Crippen LogP contribution >= 0.6 is 0 Å². The van der Waals surface area contributed by atoms with Crippen molar-refractivity contribution >= 4 is 17.8 Å². The number of piperidine rings is 1. The maximum atomic E-state index is 12.5. The number of nitro benzene ring substituents is 1. The highest BCUT2D eigenvalue weighted by molar-refractivity contribution is 5.86. The molecule has 1 heterocycles. The van der Waals surface area contributed by atoms with E-state index in [1.807, 2.05) is 0 Å². The highest BCUT2D eigenvalue weighted by Crippen LogP contribution is 2.23. The molecule has 9 nitrogen and oxygen atoms in total. The molecule has 0 bridgehead atoms. The lowest BCUT2D eigenvalue weighted by Crippen LogP contribution is -2.39. The molecule has 0 saturated carbocycles. The number of nitro groups is 1. The fourth-order valence-corrected chi connectivity index (χ4v) is 3.53. The fourth-order valence-electron chi connectivity index (χ4n) is 3.53. The second kappa shape index (κ2) is 10.5. The van der Waals surface area contributed by atoms with Gasteiger partial charge in [-0.05, 0) is 49.7 Å². The minimum absolute atomic E-state index is 0.0891. The molecule has 31 heavy (non-hydrogen) atoms. The predicted molar refractivity (Wildman–Crippen MR) is 116 cm³/mol. The lowest BCUT2D eigenvalue weighted by atomic mass is 9.96. The Morgan fingerprint density at radius 1 is 1.19 bits per heavy atom. The third-order valence-corrected chi connectivity index (χ3v) is 5.33. The van der Waals surface area contributed by atoms with Crippen molar-refractivity contribution in [1.82, 2.24) is 10.3 Å². The van der Waals surface area contributed by atoms with E-state index in [0.29, 0.717) is 23.6 Å². The zero-order valence-corrected chi connectivity index (χ0v) is 17.6. The van der Waals surface area contributed by atoms with Crippen molar-refractivity contribution in [2.24, 2.45) is 11.0 Å².